The van der Waals surface area contributed by atoms with Crippen LogP contribution in [0.2, 0.25) is 0 Å². The molecule has 1 saturated heterocycles. The summed E-state index contributed by atoms with van der Waals surface area (Å²) in [5, 5.41) is 0. The molecule has 126 valence electrons. The Morgan fingerprint density at radius 2 is 1.32 bits per heavy atom. The molecule has 1 aliphatic rings. The molecule has 1 aliphatic heterocycles. The first-order valence-electron chi connectivity index (χ1n) is 8.21. The van der Waals surface area contributed by atoms with Crippen LogP contribution >= 0.6 is 0 Å². The minimum atomic E-state index is 0.207. The van der Waals surface area contributed by atoms with E-state index in [0.717, 1.165) is 23.9 Å². The van der Waals surface area contributed by atoms with Crippen LogP contribution in [-0.4, -0.2) is 19.3 Å². The van der Waals surface area contributed by atoms with E-state index in [2.05, 4.69) is 0 Å². The van der Waals surface area contributed by atoms with Crippen molar-refractivity contribution in [1.29, 1.82) is 0 Å². The molecular weight excluding hydrogens is 316 g/mol. The van der Waals surface area contributed by atoms with E-state index < -0.39 is 0 Å². The summed E-state index contributed by atoms with van der Waals surface area (Å²) in [5.74, 6) is 3.44. The zero-order valence-electron chi connectivity index (χ0n) is 13.6. The summed E-state index contributed by atoms with van der Waals surface area (Å²) in [6, 6.07) is 24.8. The largest absolute Gasteiger partial charge is 0.491 e. The van der Waals surface area contributed by atoms with Crippen LogP contribution in [0.3, 0.4) is 0 Å². The maximum atomic E-state index is 6.01. The monoisotopic (exact) mass is 334 g/mol. The molecule has 0 spiro atoms. The van der Waals surface area contributed by atoms with Gasteiger partial charge in [0.05, 0.1) is 6.61 Å². The number of para-hydroxylation sites is 2. The molecule has 1 heterocycles. The Balaban J connectivity index is 1.58. The predicted octanol–water partition coefficient (Wildman–Crippen LogP) is 5.05. The second-order valence-corrected chi connectivity index (χ2v) is 5.71. The van der Waals surface area contributed by atoms with Crippen molar-refractivity contribution >= 4 is 0 Å². The Labute approximate surface area is 146 Å². The number of rotatable bonds is 7. The van der Waals surface area contributed by atoms with Crippen LogP contribution in [0.15, 0.2) is 78.9 Å². The molecule has 4 nitrogen and oxygen atoms in total. The molecule has 4 rings (SSSR count). The molecule has 0 aliphatic carbocycles. The predicted molar refractivity (Wildman–Crippen MR) is 94.7 cm³/mol. The van der Waals surface area contributed by atoms with E-state index in [0.29, 0.717) is 18.1 Å². The highest BCUT2D eigenvalue weighted by Gasteiger charge is 2.23. The molecule has 3 aromatic carbocycles. The Morgan fingerprint density at radius 3 is 1.92 bits per heavy atom. The molecule has 3 aromatic rings. The van der Waals surface area contributed by atoms with Crippen molar-refractivity contribution in [3.63, 3.8) is 0 Å². The van der Waals surface area contributed by atoms with Gasteiger partial charge in [0.15, 0.2) is 11.5 Å². The number of ether oxygens (including phenoxy) is 4. The quantitative estimate of drug-likeness (QED) is 0.567. The minimum Gasteiger partial charge on any atom is -0.491 e. The van der Waals surface area contributed by atoms with Crippen molar-refractivity contribution in [1.82, 2.24) is 0 Å². The van der Waals surface area contributed by atoms with Gasteiger partial charge in [-0.1, -0.05) is 36.4 Å². The van der Waals surface area contributed by atoms with Crippen LogP contribution in [0, 0.1) is 0 Å². The molecule has 4 heteroatoms. The maximum Gasteiger partial charge on any atom is 0.173 e. The molecule has 0 aromatic heterocycles. The SMILES string of the molecule is c1ccc(Oc2ccc(OC[C@H]3CO3)cc2Oc2ccccc2)cc1. The summed E-state index contributed by atoms with van der Waals surface area (Å²) >= 11 is 0. The first-order valence-corrected chi connectivity index (χ1v) is 8.21. The lowest BCUT2D eigenvalue weighted by molar-refractivity contribution is 0.262. The molecule has 0 bridgehead atoms. The summed E-state index contributed by atoms with van der Waals surface area (Å²) < 4.78 is 22.9. The number of benzene rings is 3. The maximum absolute atomic E-state index is 6.01. The van der Waals surface area contributed by atoms with Gasteiger partial charge in [0.25, 0.3) is 0 Å². The van der Waals surface area contributed by atoms with Crippen LogP contribution in [0.25, 0.3) is 0 Å². The van der Waals surface area contributed by atoms with Gasteiger partial charge in [0, 0.05) is 6.07 Å². The van der Waals surface area contributed by atoms with Gasteiger partial charge in [-0.05, 0) is 36.4 Å². The highest BCUT2D eigenvalue weighted by atomic mass is 16.6. The molecule has 0 amide bonds. The normalized spacial score (nSPS) is 15.4. The molecule has 0 radical (unpaired) electrons. The van der Waals surface area contributed by atoms with Gasteiger partial charge in [-0.15, -0.1) is 0 Å². The summed E-state index contributed by atoms with van der Waals surface area (Å²) in [6.45, 7) is 1.31. The molecule has 0 saturated carbocycles. The second-order valence-electron chi connectivity index (χ2n) is 5.71. The van der Waals surface area contributed by atoms with Crippen molar-refractivity contribution in [3.8, 4) is 28.7 Å². The Morgan fingerprint density at radius 1 is 0.720 bits per heavy atom. The standard InChI is InChI=1S/C21H18O4/c1-3-7-16(8-4-1)24-20-12-11-18(22-14-19-15-23-19)13-21(20)25-17-9-5-2-6-10-17/h1-13,19H,14-15H2/t19-/m0/s1. The van der Waals surface area contributed by atoms with Crippen LogP contribution in [0.5, 0.6) is 28.7 Å². The zero-order chi connectivity index (χ0) is 16.9. The minimum absolute atomic E-state index is 0.207. The molecule has 1 fully saturated rings. The van der Waals surface area contributed by atoms with Crippen LogP contribution in [0.4, 0.5) is 0 Å². The number of hydrogen-bond acceptors (Lipinski definition) is 4. The fourth-order valence-corrected chi connectivity index (χ4v) is 2.33. The topological polar surface area (TPSA) is 40.2 Å². The lowest BCUT2D eigenvalue weighted by atomic mass is 10.2. The fourth-order valence-electron chi connectivity index (χ4n) is 2.33. The van der Waals surface area contributed by atoms with E-state index in [-0.39, 0.29) is 6.10 Å². The summed E-state index contributed by atoms with van der Waals surface area (Å²) in [5.41, 5.74) is 0. The Hall–Kier alpha value is -2.98. The fraction of sp³-hybridized carbons (Fsp3) is 0.143. The van der Waals surface area contributed by atoms with Gasteiger partial charge in [-0.3, -0.25) is 0 Å². The van der Waals surface area contributed by atoms with E-state index in [1.807, 2.05) is 78.9 Å². The lowest BCUT2D eigenvalue weighted by Crippen LogP contribution is -2.04. The van der Waals surface area contributed by atoms with Crippen molar-refractivity contribution in [2.75, 3.05) is 13.2 Å². The van der Waals surface area contributed by atoms with E-state index in [4.69, 9.17) is 18.9 Å². The Kier molecular flexibility index (Phi) is 4.53. The zero-order valence-corrected chi connectivity index (χ0v) is 13.6. The van der Waals surface area contributed by atoms with Crippen molar-refractivity contribution < 1.29 is 18.9 Å². The van der Waals surface area contributed by atoms with Crippen LogP contribution in [0.1, 0.15) is 0 Å². The van der Waals surface area contributed by atoms with Crippen molar-refractivity contribution in [2.24, 2.45) is 0 Å². The van der Waals surface area contributed by atoms with E-state index in [1.165, 1.54) is 0 Å². The smallest absolute Gasteiger partial charge is 0.173 e. The third-order valence-electron chi connectivity index (χ3n) is 3.70. The van der Waals surface area contributed by atoms with E-state index in [1.54, 1.807) is 0 Å². The van der Waals surface area contributed by atoms with Gasteiger partial charge in [0.1, 0.15) is 30.0 Å². The molecular formula is C21H18O4. The highest BCUT2D eigenvalue weighted by molar-refractivity contribution is 5.49. The molecule has 0 N–H and O–H groups in total. The highest BCUT2D eigenvalue weighted by Crippen LogP contribution is 2.37. The molecule has 25 heavy (non-hydrogen) atoms. The number of hydrogen-bond donors (Lipinski definition) is 0. The average molecular weight is 334 g/mol. The summed E-state index contributed by atoms with van der Waals surface area (Å²) in [6.07, 6.45) is 0.207. The van der Waals surface area contributed by atoms with Crippen LogP contribution in [-0.2, 0) is 4.74 Å². The van der Waals surface area contributed by atoms with Gasteiger partial charge >= 0.3 is 0 Å². The van der Waals surface area contributed by atoms with E-state index in [9.17, 15) is 0 Å². The van der Waals surface area contributed by atoms with Crippen molar-refractivity contribution in [2.45, 2.75) is 6.10 Å². The third-order valence-corrected chi connectivity index (χ3v) is 3.70. The van der Waals surface area contributed by atoms with E-state index >= 15 is 0 Å². The summed E-state index contributed by atoms with van der Waals surface area (Å²) in [7, 11) is 0. The molecule has 1 atom stereocenters. The average Bonchev–Trinajstić information content (AvgIpc) is 3.48. The van der Waals surface area contributed by atoms with Gasteiger partial charge in [-0.2, -0.15) is 0 Å². The van der Waals surface area contributed by atoms with Gasteiger partial charge in [0.2, 0.25) is 0 Å². The summed E-state index contributed by atoms with van der Waals surface area (Å²) in [4.78, 5) is 0. The first-order chi connectivity index (χ1) is 12.4. The van der Waals surface area contributed by atoms with Crippen LogP contribution < -0.4 is 14.2 Å². The van der Waals surface area contributed by atoms with Crippen molar-refractivity contribution in [3.05, 3.63) is 78.9 Å². The Bertz CT molecular complexity index is 814. The van der Waals surface area contributed by atoms with Gasteiger partial charge < -0.3 is 18.9 Å². The number of epoxide rings is 1. The van der Waals surface area contributed by atoms with Gasteiger partial charge in [-0.25, -0.2) is 0 Å². The molecule has 0 unspecified atom stereocenters. The lowest BCUT2D eigenvalue weighted by Gasteiger charge is -2.14. The first kappa shape index (κ1) is 15.5. The third kappa shape index (κ3) is 4.31. The second kappa shape index (κ2) is 7.28.